The molecule has 1 nitrogen and oxygen atoms in total. The molecular formula is C14H16NPd. The van der Waals surface area contributed by atoms with Crippen LogP contribution in [-0.4, -0.2) is 23.0 Å². The van der Waals surface area contributed by atoms with E-state index in [0.717, 1.165) is 6.42 Å². The molecule has 87 valence electrons. The van der Waals surface area contributed by atoms with E-state index in [1.807, 2.05) is 0 Å². The molecule has 1 unspecified atom stereocenters. The molecule has 0 N–H and O–H groups in total. The Morgan fingerprint density at radius 3 is 2.50 bits per heavy atom. The molecule has 2 rings (SSSR count). The van der Waals surface area contributed by atoms with E-state index in [9.17, 15) is 0 Å². The predicted molar refractivity (Wildman–Crippen MR) is 64.6 cm³/mol. The molecule has 2 heteroatoms. The van der Waals surface area contributed by atoms with E-state index in [0.29, 0.717) is 0 Å². The topological polar surface area (TPSA) is 3.24 Å². The number of likely N-dealkylation sites (N-methyl/N-ethyl adjacent to an activating group) is 1. The first kappa shape index (κ1) is 11.8. The zero-order chi connectivity index (χ0) is 11.6. The van der Waals surface area contributed by atoms with Gasteiger partial charge in [0.05, 0.1) is 0 Å². The van der Waals surface area contributed by atoms with Crippen molar-refractivity contribution in [2.45, 2.75) is 10.4 Å². The second kappa shape index (κ2) is 4.67. The summed E-state index contributed by atoms with van der Waals surface area (Å²) in [5.41, 5.74) is 2.62. The van der Waals surface area contributed by atoms with Crippen molar-refractivity contribution in [1.29, 1.82) is 0 Å². The summed E-state index contributed by atoms with van der Waals surface area (Å²) in [6, 6.07) is 10.5. The van der Waals surface area contributed by atoms with Gasteiger partial charge < -0.3 is 0 Å². The molecule has 0 bridgehead atoms. The molecule has 0 spiro atoms. The summed E-state index contributed by atoms with van der Waals surface area (Å²) >= 11 is 3.56. The van der Waals surface area contributed by atoms with Gasteiger partial charge in [-0.05, 0) is 0 Å². The van der Waals surface area contributed by atoms with Crippen LogP contribution in [0.15, 0.2) is 48.6 Å². The quantitative estimate of drug-likeness (QED) is 0.760. The van der Waals surface area contributed by atoms with E-state index in [-0.39, 0.29) is 4.01 Å². The van der Waals surface area contributed by atoms with Crippen molar-refractivity contribution in [3.63, 3.8) is 0 Å². The summed E-state index contributed by atoms with van der Waals surface area (Å²) in [4.78, 5) is 2.23. The van der Waals surface area contributed by atoms with E-state index in [4.69, 9.17) is 0 Å². The fourth-order valence-corrected chi connectivity index (χ4v) is 2.50. The van der Waals surface area contributed by atoms with Gasteiger partial charge in [0.1, 0.15) is 0 Å². The minimum absolute atomic E-state index is 0.0428. The first-order valence-corrected chi connectivity index (χ1v) is 6.18. The van der Waals surface area contributed by atoms with Crippen LogP contribution in [0.5, 0.6) is 0 Å². The maximum absolute atomic E-state index is 3.56. The van der Waals surface area contributed by atoms with Crippen molar-refractivity contribution in [2.75, 3.05) is 14.1 Å². The van der Waals surface area contributed by atoms with Gasteiger partial charge in [-0.25, -0.2) is 0 Å². The van der Waals surface area contributed by atoms with Crippen LogP contribution in [-0.2, 0) is 19.2 Å². The van der Waals surface area contributed by atoms with Gasteiger partial charge >= 0.3 is 108 Å². The summed E-state index contributed by atoms with van der Waals surface area (Å²) in [5.74, 6) is 0. The summed E-state index contributed by atoms with van der Waals surface area (Å²) in [6.07, 6.45) is 7.54. The van der Waals surface area contributed by atoms with Crippen molar-refractivity contribution in [1.82, 2.24) is 4.90 Å². The second-order valence-electron chi connectivity index (χ2n) is 4.18. The van der Waals surface area contributed by atoms with Gasteiger partial charge in [0.2, 0.25) is 0 Å². The molecule has 1 aliphatic carbocycles. The Morgan fingerprint density at radius 2 is 1.88 bits per heavy atom. The van der Waals surface area contributed by atoms with Crippen LogP contribution in [0, 0.1) is 0 Å². The van der Waals surface area contributed by atoms with Crippen LogP contribution < -0.4 is 0 Å². The van der Waals surface area contributed by atoms with Crippen molar-refractivity contribution < 1.29 is 19.2 Å². The van der Waals surface area contributed by atoms with Crippen molar-refractivity contribution >= 4 is 5.57 Å². The van der Waals surface area contributed by atoms with Gasteiger partial charge in [-0.1, -0.05) is 0 Å². The average Bonchev–Trinajstić information content (AvgIpc) is 2.30. The molecular weight excluding hydrogens is 289 g/mol. The van der Waals surface area contributed by atoms with Gasteiger partial charge in [0.15, 0.2) is 0 Å². The summed E-state index contributed by atoms with van der Waals surface area (Å²) in [7, 11) is 4.22. The number of benzene rings is 1. The molecule has 1 aliphatic rings. The Balaban J connectivity index is 2.45. The van der Waals surface area contributed by atoms with Crippen LogP contribution in [0.2, 0.25) is 0 Å². The third kappa shape index (κ3) is 2.06. The fraction of sp³-hybridized carbons (Fsp3) is 0.286. The first-order chi connectivity index (χ1) is 7.64. The SMILES string of the molecule is CN(C)[C]1([Pd])CC=CC=C1c1ccccc1. The molecule has 1 atom stereocenters. The molecule has 16 heavy (non-hydrogen) atoms. The van der Waals surface area contributed by atoms with E-state index < -0.39 is 0 Å². The van der Waals surface area contributed by atoms with Crippen molar-refractivity contribution in [2.24, 2.45) is 0 Å². The van der Waals surface area contributed by atoms with Crippen LogP contribution >= 0.6 is 0 Å². The number of nitrogens with zero attached hydrogens (tertiary/aromatic N) is 1. The Bertz CT molecular complexity index is 420. The molecule has 0 amide bonds. The van der Waals surface area contributed by atoms with Crippen LogP contribution in [0.4, 0.5) is 0 Å². The first-order valence-electron chi connectivity index (χ1n) is 5.40. The standard InChI is InChI=1S/C14H16N.Pd/c1-15(2)14-11-7-6-10-13(14)12-8-4-3-5-9-12;/h3-10H,11H2,1-2H3;. The summed E-state index contributed by atoms with van der Waals surface area (Å²) < 4.78 is -0.0428. The molecule has 0 radical (unpaired) electrons. The Hall–Kier alpha value is -0.678. The average molecular weight is 305 g/mol. The molecule has 0 saturated carbocycles. The second-order valence-corrected chi connectivity index (χ2v) is 5.47. The predicted octanol–water partition coefficient (Wildman–Crippen LogP) is 2.83. The van der Waals surface area contributed by atoms with Gasteiger partial charge in [0.25, 0.3) is 0 Å². The fourth-order valence-electron chi connectivity index (χ4n) is 1.96. The van der Waals surface area contributed by atoms with Crippen LogP contribution in [0.3, 0.4) is 0 Å². The normalized spacial score (nSPS) is 24.7. The number of rotatable bonds is 2. The third-order valence-corrected chi connectivity index (χ3v) is 4.37. The van der Waals surface area contributed by atoms with Gasteiger partial charge in [-0.3, -0.25) is 0 Å². The molecule has 1 aromatic carbocycles. The number of allylic oxidation sites excluding steroid dienone is 2. The van der Waals surface area contributed by atoms with Crippen LogP contribution in [0.1, 0.15) is 12.0 Å². The third-order valence-electron chi connectivity index (χ3n) is 2.94. The summed E-state index contributed by atoms with van der Waals surface area (Å²) in [6.45, 7) is 0. The van der Waals surface area contributed by atoms with Crippen LogP contribution in [0.25, 0.3) is 5.57 Å². The zero-order valence-electron chi connectivity index (χ0n) is 9.59. The maximum atomic E-state index is 3.56. The molecule has 0 fully saturated rings. The molecule has 0 aromatic heterocycles. The number of hydrogen-bond donors (Lipinski definition) is 0. The molecule has 0 aliphatic heterocycles. The van der Waals surface area contributed by atoms with Crippen molar-refractivity contribution in [3.05, 3.63) is 54.1 Å². The Labute approximate surface area is 108 Å². The van der Waals surface area contributed by atoms with Crippen molar-refractivity contribution in [3.8, 4) is 0 Å². The summed E-state index contributed by atoms with van der Waals surface area (Å²) in [5, 5.41) is 0. The Kier molecular flexibility index (Phi) is 3.45. The molecule has 0 heterocycles. The van der Waals surface area contributed by atoms with Gasteiger partial charge in [-0.2, -0.15) is 0 Å². The van der Waals surface area contributed by atoms with Gasteiger partial charge in [-0.15, -0.1) is 0 Å². The molecule has 0 saturated heterocycles. The molecule has 1 aromatic rings. The van der Waals surface area contributed by atoms with E-state index in [2.05, 4.69) is 86.8 Å². The van der Waals surface area contributed by atoms with E-state index in [1.165, 1.54) is 11.1 Å². The van der Waals surface area contributed by atoms with Gasteiger partial charge in [0, 0.05) is 0 Å². The zero-order valence-corrected chi connectivity index (χ0v) is 11.1. The number of hydrogen-bond acceptors (Lipinski definition) is 1. The Morgan fingerprint density at radius 1 is 1.19 bits per heavy atom. The van der Waals surface area contributed by atoms with E-state index in [1.54, 1.807) is 0 Å². The minimum atomic E-state index is -0.0428. The monoisotopic (exact) mass is 304 g/mol. The van der Waals surface area contributed by atoms with E-state index >= 15 is 0 Å².